The van der Waals surface area contributed by atoms with Crippen LogP contribution in [-0.2, 0) is 24.7 Å². The van der Waals surface area contributed by atoms with Gasteiger partial charge in [0.15, 0.2) is 5.78 Å². The van der Waals surface area contributed by atoms with Crippen molar-refractivity contribution < 1.29 is 23.9 Å². The van der Waals surface area contributed by atoms with E-state index in [0.717, 1.165) is 16.7 Å². The van der Waals surface area contributed by atoms with Crippen molar-refractivity contribution in [2.24, 2.45) is 0 Å². The zero-order valence-electron chi connectivity index (χ0n) is 21.9. The minimum Gasteiger partial charge on any atom is -0.507 e. The molecule has 0 fully saturated rings. The molecular weight excluding hydrogens is 447 g/mol. The summed E-state index contributed by atoms with van der Waals surface area (Å²) < 4.78 is 15.6. The second-order valence-electron chi connectivity index (χ2n) is 10.4. The predicted molar refractivity (Wildman–Crippen MR) is 143 cm³/mol. The molecule has 0 spiro atoms. The lowest BCUT2D eigenvalue weighted by Gasteiger charge is -2.28. The molecule has 1 unspecified atom stereocenters. The molecule has 2 rings (SSSR count). The molecule has 5 nitrogen and oxygen atoms in total. The smallest absolute Gasteiger partial charge is 0.317 e. The van der Waals surface area contributed by atoms with Crippen LogP contribution in [-0.4, -0.2) is 22.4 Å². The maximum Gasteiger partial charge on any atom is 0.317 e. The zero-order chi connectivity index (χ0) is 26.1. The second kappa shape index (κ2) is 13.0. The maximum absolute atomic E-state index is 12.8. The Balaban J connectivity index is 0.00000133. The number of ketones is 1. The number of carbonyl (C=O) groups excluding carboxylic acids is 1. The summed E-state index contributed by atoms with van der Waals surface area (Å²) in [6, 6.07) is 12.9. The van der Waals surface area contributed by atoms with Gasteiger partial charge in [-0.15, -0.1) is 0 Å². The van der Waals surface area contributed by atoms with Crippen molar-refractivity contribution >= 4 is 25.7 Å². The van der Waals surface area contributed by atoms with Gasteiger partial charge in [-0.25, -0.2) is 0 Å². The summed E-state index contributed by atoms with van der Waals surface area (Å²) in [6.45, 7) is 16.0. The van der Waals surface area contributed by atoms with Crippen LogP contribution in [0.15, 0.2) is 42.5 Å². The molecule has 0 saturated heterocycles. The first-order valence-corrected chi connectivity index (χ1v) is 13.0. The van der Waals surface area contributed by atoms with E-state index < -0.39 is 20.6 Å². The molecule has 1 atom stereocenters. The third-order valence-corrected chi connectivity index (χ3v) is 5.66. The number of phenolic OH excluding ortho intramolecular Hbond substituents is 1. The number of unbranched alkanes of at least 4 members (excludes halogenated alkanes) is 1. The van der Waals surface area contributed by atoms with Crippen LogP contribution in [0.1, 0.15) is 90.5 Å². The molecule has 0 amide bonds. The van der Waals surface area contributed by atoms with Crippen molar-refractivity contribution in [2.75, 3.05) is 6.61 Å². The number of benzene rings is 2. The summed E-state index contributed by atoms with van der Waals surface area (Å²) in [5.74, 6) is -0.127. The molecule has 0 radical (unpaired) electrons. The fourth-order valence-corrected chi connectivity index (χ4v) is 3.45. The highest BCUT2D eigenvalue weighted by atomic mass is 31.1. The summed E-state index contributed by atoms with van der Waals surface area (Å²) in [5, 5.41) is 10.9. The molecule has 0 saturated carbocycles. The first-order valence-electron chi connectivity index (χ1n) is 11.8. The van der Waals surface area contributed by atoms with Gasteiger partial charge in [-0.3, -0.25) is 9.36 Å². The van der Waals surface area contributed by atoms with E-state index >= 15 is 0 Å². The van der Waals surface area contributed by atoms with Gasteiger partial charge in [0.1, 0.15) is 12.4 Å². The van der Waals surface area contributed by atoms with E-state index in [1.807, 2.05) is 84.0 Å². The number of aromatic hydroxyl groups is 1. The van der Waals surface area contributed by atoms with E-state index in [1.165, 1.54) is 12.8 Å². The standard InChI is InChI=1S/C24H31O5P.C4H10/c1-23(2,3)19-13-16(14-20(22(19)26)24(4,5)6)12-18(17-10-8-7-9-11-17)21(25)15-29-30(27)28;1-3-4-2/h7-14,26,30H,15H2,1-6H3,(H,27,28);3-4H2,1-2H3/b18-12+;. The van der Waals surface area contributed by atoms with Crippen molar-refractivity contribution in [3.8, 4) is 5.75 Å². The fraction of sp³-hybridized carbons (Fsp3) is 0.464. The number of hydrogen-bond acceptors (Lipinski definition) is 4. The Morgan fingerprint density at radius 3 is 1.79 bits per heavy atom. The molecule has 2 N–H and O–H groups in total. The van der Waals surface area contributed by atoms with Crippen LogP contribution < -0.4 is 0 Å². The summed E-state index contributed by atoms with van der Waals surface area (Å²) >= 11 is 0. The SMILES string of the molecule is CC(C)(C)c1cc(/C=C(/C(=O)CO[PH](=O)O)c2ccccc2)cc(C(C)(C)C)c1O.CCCC. The van der Waals surface area contributed by atoms with Crippen LogP contribution in [0.3, 0.4) is 0 Å². The van der Waals surface area contributed by atoms with Crippen LogP contribution in [0.5, 0.6) is 5.75 Å². The van der Waals surface area contributed by atoms with Gasteiger partial charge < -0.3 is 14.5 Å². The van der Waals surface area contributed by atoms with Crippen LogP contribution in [0.4, 0.5) is 0 Å². The van der Waals surface area contributed by atoms with Crippen molar-refractivity contribution in [3.05, 3.63) is 64.7 Å². The lowest BCUT2D eigenvalue weighted by atomic mass is 9.78. The second-order valence-corrected chi connectivity index (χ2v) is 11.2. The van der Waals surface area contributed by atoms with E-state index in [1.54, 1.807) is 6.08 Å². The lowest BCUT2D eigenvalue weighted by molar-refractivity contribution is -0.115. The topological polar surface area (TPSA) is 83.8 Å². The average molecular weight is 489 g/mol. The Hall–Kier alpha value is -2.20. The summed E-state index contributed by atoms with van der Waals surface area (Å²) in [6.07, 6.45) is 4.39. The third kappa shape index (κ3) is 9.21. The van der Waals surface area contributed by atoms with Crippen molar-refractivity contribution in [1.29, 1.82) is 0 Å². The van der Waals surface area contributed by atoms with E-state index in [0.29, 0.717) is 11.1 Å². The molecule has 2 aromatic carbocycles. The Kier molecular flexibility index (Phi) is 11.4. The van der Waals surface area contributed by atoms with E-state index in [2.05, 4.69) is 13.8 Å². The van der Waals surface area contributed by atoms with E-state index in [9.17, 15) is 14.5 Å². The number of Topliss-reactive ketones (excluding diaryl/α,β-unsaturated/α-hetero) is 1. The van der Waals surface area contributed by atoms with E-state index in [4.69, 9.17) is 9.42 Å². The highest BCUT2D eigenvalue weighted by molar-refractivity contribution is 7.32. The molecule has 0 aliphatic carbocycles. The molecule has 6 heteroatoms. The van der Waals surface area contributed by atoms with Crippen molar-refractivity contribution in [1.82, 2.24) is 0 Å². The highest BCUT2D eigenvalue weighted by Crippen LogP contribution is 2.40. The average Bonchev–Trinajstić information content (AvgIpc) is 2.75. The quantitative estimate of drug-likeness (QED) is 0.243. The molecular formula is C28H41O5P. The Bertz CT molecular complexity index is 959. The van der Waals surface area contributed by atoms with Gasteiger partial charge in [0.05, 0.1) is 0 Å². The Labute approximate surface area is 205 Å². The Morgan fingerprint density at radius 1 is 0.941 bits per heavy atom. The molecule has 34 heavy (non-hydrogen) atoms. The van der Waals surface area contributed by atoms with Crippen LogP contribution >= 0.6 is 8.25 Å². The zero-order valence-corrected chi connectivity index (χ0v) is 22.9. The van der Waals surface area contributed by atoms with Gasteiger partial charge in [-0.05, 0) is 40.2 Å². The number of phenols is 1. The number of hydrogen-bond donors (Lipinski definition) is 2. The third-order valence-electron chi connectivity index (χ3n) is 5.27. The van der Waals surface area contributed by atoms with E-state index in [-0.39, 0.29) is 16.6 Å². The van der Waals surface area contributed by atoms with Gasteiger partial charge in [-0.2, -0.15) is 0 Å². The van der Waals surface area contributed by atoms with Crippen molar-refractivity contribution in [3.63, 3.8) is 0 Å². The van der Waals surface area contributed by atoms with Crippen LogP contribution in [0, 0.1) is 0 Å². The normalized spacial score (nSPS) is 13.1. The van der Waals surface area contributed by atoms with Gasteiger partial charge >= 0.3 is 8.25 Å². The van der Waals surface area contributed by atoms with Gasteiger partial charge in [0, 0.05) is 16.7 Å². The van der Waals surface area contributed by atoms with Crippen LogP contribution in [0.25, 0.3) is 11.6 Å². The monoisotopic (exact) mass is 488 g/mol. The predicted octanol–water partition coefficient (Wildman–Crippen LogP) is 7.30. The summed E-state index contributed by atoms with van der Waals surface area (Å²) in [4.78, 5) is 21.8. The molecule has 188 valence electrons. The maximum atomic E-state index is 12.8. The Morgan fingerprint density at radius 2 is 1.41 bits per heavy atom. The fourth-order valence-electron chi connectivity index (χ4n) is 3.20. The van der Waals surface area contributed by atoms with Gasteiger partial charge in [-0.1, -0.05) is 98.6 Å². The minimum atomic E-state index is -3.20. The van der Waals surface area contributed by atoms with Crippen molar-refractivity contribution in [2.45, 2.75) is 79.1 Å². The minimum absolute atomic E-state index is 0.266. The summed E-state index contributed by atoms with van der Waals surface area (Å²) in [5.41, 5.74) is 2.81. The highest BCUT2D eigenvalue weighted by Gasteiger charge is 2.26. The number of carbonyl (C=O) groups is 1. The molecule has 0 aromatic heterocycles. The van der Waals surface area contributed by atoms with Gasteiger partial charge in [0.2, 0.25) is 0 Å². The molecule has 0 bridgehead atoms. The first kappa shape index (κ1) is 29.8. The molecule has 2 aromatic rings. The largest absolute Gasteiger partial charge is 0.507 e. The summed E-state index contributed by atoms with van der Waals surface area (Å²) in [7, 11) is -3.20. The van der Waals surface area contributed by atoms with Crippen LogP contribution in [0.2, 0.25) is 0 Å². The van der Waals surface area contributed by atoms with Gasteiger partial charge in [0.25, 0.3) is 0 Å². The molecule has 0 heterocycles. The molecule has 0 aliphatic heterocycles. The molecule has 0 aliphatic rings. The number of rotatable bonds is 7. The lowest BCUT2D eigenvalue weighted by Crippen LogP contribution is -2.17. The first-order chi connectivity index (χ1) is 15.7.